The van der Waals surface area contributed by atoms with Crippen LogP contribution in [0.25, 0.3) is 11.3 Å². The molecule has 0 radical (unpaired) electrons. The van der Waals surface area contributed by atoms with Gasteiger partial charge in [0.15, 0.2) is 0 Å². The Morgan fingerprint density at radius 3 is 2.61 bits per heavy atom. The lowest BCUT2D eigenvalue weighted by atomic mass is 10.1. The molecule has 1 aliphatic rings. The fourth-order valence-corrected chi connectivity index (χ4v) is 2.18. The molecule has 0 amide bonds. The van der Waals surface area contributed by atoms with Crippen LogP contribution in [0.1, 0.15) is 12.1 Å². The SMILES string of the molecule is Fc1ccc(-c2cc3n(n2)CCC(F)(F)C3)cc1. The Morgan fingerprint density at radius 1 is 1.17 bits per heavy atom. The van der Waals surface area contributed by atoms with Crippen molar-refractivity contribution in [2.45, 2.75) is 25.3 Å². The van der Waals surface area contributed by atoms with Crippen LogP contribution in [0.15, 0.2) is 30.3 Å². The molecule has 2 heterocycles. The molecular formula is C13H11F3N2. The Bertz CT molecular complexity index is 572. The first-order valence-electron chi connectivity index (χ1n) is 5.74. The van der Waals surface area contributed by atoms with Gasteiger partial charge >= 0.3 is 0 Å². The molecule has 2 nitrogen and oxygen atoms in total. The summed E-state index contributed by atoms with van der Waals surface area (Å²) in [6, 6.07) is 7.52. The van der Waals surface area contributed by atoms with E-state index in [1.807, 2.05) is 0 Å². The maximum absolute atomic E-state index is 13.3. The highest BCUT2D eigenvalue weighted by molar-refractivity contribution is 5.59. The zero-order chi connectivity index (χ0) is 12.8. The maximum Gasteiger partial charge on any atom is 0.255 e. The molecule has 0 fully saturated rings. The minimum absolute atomic E-state index is 0.176. The lowest BCUT2D eigenvalue weighted by Gasteiger charge is -2.22. The smallest absolute Gasteiger partial charge is 0.255 e. The van der Waals surface area contributed by atoms with Gasteiger partial charge in [-0.2, -0.15) is 5.10 Å². The van der Waals surface area contributed by atoms with Crippen LogP contribution < -0.4 is 0 Å². The summed E-state index contributed by atoms with van der Waals surface area (Å²) >= 11 is 0. The molecule has 0 bridgehead atoms. The average molecular weight is 252 g/mol. The van der Waals surface area contributed by atoms with E-state index in [0.717, 1.165) is 5.56 Å². The second-order valence-corrected chi connectivity index (χ2v) is 4.53. The van der Waals surface area contributed by atoms with Gasteiger partial charge in [-0.1, -0.05) is 0 Å². The van der Waals surface area contributed by atoms with E-state index in [9.17, 15) is 13.2 Å². The molecule has 0 aliphatic carbocycles. The van der Waals surface area contributed by atoms with Crippen molar-refractivity contribution in [3.8, 4) is 11.3 Å². The van der Waals surface area contributed by atoms with Crippen LogP contribution in [0.5, 0.6) is 0 Å². The Labute approximate surface area is 102 Å². The van der Waals surface area contributed by atoms with Crippen molar-refractivity contribution in [1.29, 1.82) is 0 Å². The monoisotopic (exact) mass is 252 g/mol. The van der Waals surface area contributed by atoms with Crippen LogP contribution in [-0.4, -0.2) is 15.7 Å². The Morgan fingerprint density at radius 2 is 1.89 bits per heavy atom. The quantitative estimate of drug-likeness (QED) is 0.761. The van der Waals surface area contributed by atoms with Gasteiger partial charge in [0.25, 0.3) is 5.92 Å². The van der Waals surface area contributed by atoms with Crippen LogP contribution in [0.3, 0.4) is 0 Å². The van der Waals surface area contributed by atoms with Gasteiger partial charge in [-0.15, -0.1) is 0 Å². The number of hydrogen-bond acceptors (Lipinski definition) is 1. The largest absolute Gasteiger partial charge is 0.269 e. The summed E-state index contributed by atoms with van der Waals surface area (Å²) in [6.45, 7) is 0.226. The van der Waals surface area contributed by atoms with Gasteiger partial charge in [0.05, 0.1) is 12.1 Å². The summed E-state index contributed by atoms with van der Waals surface area (Å²) in [6.07, 6.45) is -0.453. The van der Waals surface area contributed by atoms with Crippen molar-refractivity contribution in [3.05, 3.63) is 41.8 Å². The normalized spacial score (nSPS) is 17.5. The predicted octanol–water partition coefficient (Wildman–Crippen LogP) is 3.27. The van der Waals surface area contributed by atoms with Crippen LogP contribution >= 0.6 is 0 Å². The van der Waals surface area contributed by atoms with Crippen molar-refractivity contribution in [2.24, 2.45) is 0 Å². The third-order valence-corrected chi connectivity index (χ3v) is 3.13. The van der Waals surface area contributed by atoms with Crippen molar-refractivity contribution in [3.63, 3.8) is 0 Å². The molecule has 3 rings (SSSR count). The number of halogens is 3. The first-order valence-corrected chi connectivity index (χ1v) is 5.74. The molecule has 1 aliphatic heterocycles. The standard InChI is InChI=1S/C13H11F3N2/c14-10-3-1-9(2-4-10)12-7-11-8-13(15,16)5-6-18(11)17-12/h1-4,7H,5-6,8H2. The number of hydrogen-bond donors (Lipinski definition) is 0. The van der Waals surface area contributed by atoms with Crippen molar-refractivity contribution in [1.82, 2.24) is 9.78 Å². The third kappa shape index (κ3) is 2.00. The molecule has 0 atom stereocenters. The molecule has 18 heavy (non-hydrogen) atoms. The van der Waals surface area contributed by atoms with E-state index < -0.39 is 5.92 Å². The molecule has 2 aromatic rings. The molecule has 1 aromatic carbocycles. The Balaban J connectivity index is 1.96. The number of aryl methyl sites for hydroxylation is 1. The molecule has 0 saturated heterocycles. The van der Waals surface area contributed by atoms with E-state index in [4.69, 9.17) is 0 Å². The first kappa shape index (κ1) is 11.3. The fourth-order valence-electron chi connectivity index (χ4n) is 2.18. The van der Waals surface area contributed by atoms with Crippen molar-refractivity contribution < 1.29 is 13.2 Å². The molecule has 0 spiro atoms. The minimum atomic E-state index is -2.64. The van der Waals surface area contributed by atoms with E-state index in [1.165, 1.54) is 12.1 Å². The van der Waals surface area contributed by atoms with Gasteiger partial charge in [-0.25, -0.2) is 13.2 Å². The van der Waals surface area contributed by atoms with Gasteiger partial charge in [0.2, 0.25) is 0 Å². The molecule has 94 valence electrons. The van der Waals surface area contributed by atoms with Gasteiger partial charge in [0.1, 0.15) is 5.82 Å². The van der Waals surface area contributed by atoms with Gasteiger partial charge < -0.3 is 0 Å². The third-order valence-electron chi connectivity index (χ3n) is 3.13. The van der Waals surface area contributed by atoms with Crippen LogP contribution in [0.4, 0.5) is 13.2 Å². The highest BCUT2D eigenvalue weighted by Crippen LogP contribution is 2.31. The molecule has 5 heteroatoms. The molecule has 0 saturated carbocycles. The van der Waals surface area contributed by atoms with E-state index in [0.29, 0.717) is 11.4 Å². The molecule has 0 N–H and O–H groups in total. The van der Waals surface area contributed by atoms with Gasteiger partial charge in [-0.05, 0) is 30.3 Å². The summed E-state index contributed by atoms with van der Waals surface area (Å²) in [5.74, 6) is -2.97. The van der Waals surface area contributed by atoms with E-state index >= 15 is 0 Å². The number of fused-ring (bicyclic) bond motifs is 1. The Hall–Kier alpha value is -1.78. The zero-order valence-corrected chi connectivity index (χ0v) is 9.54. The van der Waals surface area contributed by atoms with E-state index in [2.05, 4.69) is 5.10 Å². The number of aromatic nitrogens is 2. The topological polar surface area (TPSA) is 17.8 Å². The minimum Gasteiger partial charge on any atom is -0.269 e. The highest BCUT2D eigenvalue weighted by Gasteiger charge is 2.35. The zero-order valence-electron chi connectivity index (χ0n) is 9.54. The van der Waals surface area contributed by atoms with Gasteiger partial charge in [-0.3, -0.25) is 4.68 Å². The number of benzene rings is 1. The second-order valence-electron chi connectivity index (χ2n) is 4.53. The molecule has 0 unspecified atom stereocenters. The number of alkyl halides is 2. The fraction of sp³-hybridized carbons (Fsp3) is 0.308. The summed E-state index contributed by atoms with van der Waals surface area (Å²) in [4.78, 5) is 0. The summed E-state index contributed by atoms with van der Waals surface area (Å²) in [5.41, 5.74) is 1.88. The summed E-state index contributed by atoms with van der Waals surface area (Å²) < 4.78 is 40.9. The van der Waals surface area contributed by atoms with Crippen molar-refractivity contribution in [2.75, 3.05) is 0 Å². The average Bonchev–Trinajstić information content (AvgIpc) is 2.71. The predicted molar refractivity (Wildman–Crippen MR) is 60.9 cm³/mol. The molecule has 1 aromatic heterocycles. The second kappa shape index (κ2) is 3.86. The van der Waals surface area contributed by atoms with Crippen LogP contribution in [-0.2, 0) is 13.0 Å². The molecular weight excluding hydrogens is 241 g/mol. The Kier molecular flexibility index (Phi) is 2.43. The number of rotatable bonds is 1. The van der Waals surface area contributed by atoms with Gasteiger partial charge in [0, 0.05) is 24.2 Å². The summed E-state index contributed by atoms with van der Waals surface area (Å²) in [7, 11) is 0. The van der Waals surface area contributed by atoms with Crippen LogP contribution in [0.2, 0.25) is 0 Å². The van der Waals surface area contributed by atoms with E-state index in [1.54, 1.807) is 22.9 Å². The number of nitrogens with zero attached hydrogens (tertiary/aromatic N) is 2. The lowest BCUT2D eigenvalue weighted by Crippen LogP contribution is -2.29. The maximum atomic E-state index is 13.3. The lowest BCUT2D eigenvalue weighted by molar-refractivity contribution is -0.0243. The summed E-state index contributed by atoms with van der Waals surface area (Å²) in [5, 5.41) is 4.28. The van der Waals surface area contributed by atoms with Crippen LogP contribution in [0, 0.1) is 5.82 Å². The highest BCUT2D eigenvalue weighted by atomic mass is 19.3. The first-order chi connectivity index (χ1) is 8.53. The van der Waals surface area contributed by atoms with Crippen molar-refractivity contribution >= 4 is 0 Å². The van der Waals surface area contributed by atoms with E-state index in [-0.39, 0.29) is 25.2 Å².